The molecular formula is C71H126O6. The van der Waals surface area contributed by atoms with E-state index in [4.69, 9.17) is 14.2 Å². The number of hydrogen-bond acceptors (Lipinski definition) is 6. The van der Waals surface area contributed by atoms with Gasteiger partial charge in [0, 0.05) is 19.3 Å². The van der Waals surface area contributed by atoms with Gasteiger partial charge in [0.25, 0.3) is 0 Å². The van der Waals surface area contributed by atoms with Crippen LogP contribution in [-0.4, -0.2) is 37.2 Å². The largest absolute Gasteiger partial charge is 0.462 e. The Balaban J connectivity index is 4.20. The molecule has 0 saturated heterocycles. The highest BCUT2D eigenvalue weighted by Gasteiger charge is 2.19. The van der Waals surface area contributed by atoms with Crippen LogP contribution in [0.1, 0.15) is 342 Å². The summed E-state index contributed by atoms with van der Waals surface area (Å²) in [5.41, 5.74) is 0. The van der Waals surface area contributed by atoms with Gasteiger partial charge in [0.05, 0.1) is 0 Å². The van der Waals surface area contributed by atoms with E-state index in [2.05, 4.69) is 93.7 Å². The van der Waals surface area contributed by atoms with Gasteiger partial charge in [-0.15, -0.1) is 0 Å². The van der Waals surface area contributed by atoms with Gasteiger partial charge in [-0.2, -0.15) is 0 Å². The monoisotopic (exact) mass is 1070 g/mol. The third-order valence-corrected chi connectivity index (χ3v) is 14.7. The van der Waals surface area contributed by atoms with Crippen LogP contribution in [0.3, 0.4) is 0 Å². The highest BCUT2D eigenvalue weighted by atomic mass is 16.6. The molecule has 0 heterocycles. The fourth-order valence-electron chi connectivity index (χ4n) is 9.77. The zero-order valence-electron chi connectivity index (χ0n) is 51.2. The number of esters is 3. The lowest BCUT2D eigenvalue weighted by Gasteiger charge is -2.18. The lowest BCUT2D eigenvalue weighted by Crippen LogP contribution is -2.30. The van der Waals surface area contributed by atoms with Gasteiger partial charge in [-0.3, -0.25) is 14.4 Å². The summed E-state index contributed by atoms with van der Waals surface area (Å²) < 4.78 is 16.9. The molecule has 1 unspecified atom stereocenters. The van der Waals surface area contributed by atoms with Gasteiger partial charge in [0.1, 0.15) is 13.2 Å². The second-order valence-corrected chi connectivity index (χ2v) is 22.3. The van der Waals surface area contributed by atoms with E-state index in [-0.39, 0.29) is 31.1 Å². The molecule has 446 valence electrons. The third kappa shape index (κ3) is 63.6. The van der Waals surface area contributed by atoms with Crippen LogP contribution < -0.4 is 0 Å². The molecule has 0 aliphatic heterocycles. The zero-order chi connectivity index (χ0) is 55.7. The van der Waals surface area contributed by atoms with Gasteiger partial charge in [-0.05, 0) is 83.5 Å². The highest BCUT2D eigenvalue weighted by Crippen LogP contribution is 2.18. The van der Waals surface area contributed by atoms with Gasteiger partial charge < -0.3 is 14.2 Å². The molecule has 0 bridgehead atoms. The number of unbranched alkanes of at least 4 members (excludes halogenated alkanes) is 38. The Kier molecular flexibility index (Phi) is 62.7. The molecule has 0 aliphatic carbocycles. The lowest BCUT2D eigenvalue weighted by atomic mass is 10.0. The average Bonchev–Trinajstić information content (AvgIpc) is 3.43. The van der Waals surface area contributed by atoms with Crippen LogP contribution in [0, 0.1) is 0 Å². The van der Waals surface area contributed by atoms with Crippen LogP contribution >= 0.6 is 0 Å². The molecule has 0 aromatic carbocycles. The Morgan fingerprint density at radius 3 is 0.805 bits per heavy atom. The summed E-state index contributed by atoms with van der Waals surface area (Å²) in [5.74, 6) is -0.912. The summed E-state index contributed by atoms with van der Waals surface area (Å²) in [5, 5.41) is 0. The summed E-state index contributed by atoms with van der Waals surface area (Å²) >= 11 is 0. The molecule has 0 spiro atoms. The Bertz CT molecular complexity index is 1420. The number of rotatable bonds is 61. The number of carbonyl (C=O) groups excluding carboxylic acids is 3. The summed E-state index contributed by atoms with van der Waals surface area (Å²) in [6.07, 6.45) is 85.1. The van der Waals surface area contributed by atoms with Crippen molar-refractivity contribution in [2.45, 2.75) is 348 Å². The minimum atomic E-state index is -0.793. The van der Waals surface area contributed by atoms with E-state index in [1.165, 1.54) is 193 Å². The first-order valence-electron chi connectivity index (χ1n) is 33.4. The van der Waals surface area contributed by atoms with Crippen LogP contribution in [-0.2, 0) is 28.6 Å². The van der Waals surface area contributed by atoms with Gasteiger partial charge in [0.15, 0.2) is 6.10 Å². The maximum absolute atomic E-state index is 12.9. The molecule has 6 heteroatoms. The first-order chi connectivity index (χ1) is 38.0. The van der Waals surface area contributed by atoms with Crippen molar-refractivity contribution in [2.75, 3.05) is 13.2 Å². The molecule has 1 atom stereocenters. The molecule has 0 saturated carbocycles. The van der Waals surface area contributed by atoms with Crippen molar-refractivity contribution in [1.82, 2.24) is 0 Å². The predicted octanol–water partition coefficient (Wildman–Crippen LogP) is 22.9. The van der Waals surface area contributed by atoms with Gasteiger partial charge in [0.2, 0.25) is 0 Å². The number of ether oxygens (including phenoxy) is 3. The quantitative estimate of drug-likeness (QED) is 0.0261. The van der Waals surface area contributed by atoms with Crippen LogP contribution in [0.25, 0.3) is 0 Å². The first-order valence-corrected chi connectivity index (χ1v) is 33.4. The minimum absolute atomic E-state index is 0.0864. The fraction of sp³-hybridized carbons (Fsp3) is 0.789. The molecular weight excluding hydrogens is 949 g/mol. The smallest absolute Gasteiger partial charge is 0.306 e. The Labute approximate surface area is 478 Å². The molecule has 0 rings (SSSR count). The Morgan fingerprint density at radius 1 is 0.273 bits per heavy atom. The molecule has 0 aromatic heterocycles. The zero-order valence-corrected chi connectivity index (χ0v) is 51.2. The number of hydrogen-bond donors (Lipinski definition) is 0. The van der Waals surface area contributed by atoms with Crippen molar-refractivity contribution in [3.05, 3.63) is 72.9 Å². The van der Waals surface area contributed by atoms with E-state index >= 15 is 0 Å². The van der Waals surface area contributed by atoms with Gasteiger partial charge >= 0.3 is 17.9 Å². The van der Waals surface area contributed by atoms with Crippen LogP contribution in [0.4, 0.5) is 0 Å². The van der Waals surface area contributed by atoms with Crippen LogP contribution in [0.5, 0.6) is 0 Å². The molecule has 0 aromatic rings. The van der Waals surface area contributed by atoms with Gasteiger partial charge in [-0.25, -0.2) is 0 Å². The van der Waals surface area contributed by atoms with E-state index in [0.29, 0.717) is 19.3 Å². The molecule has 0 amide bonds. The van der Waals surface area contributed by atoms with E-state index in [9.17, 15) is 14.4 Å². The molecule has 6 nitrogen and oxygen atoms in total. The summed E-state index contributed by atoms with van der Waals surface area (Å²) in [6, 6.07) is 0. The molecule has 0 N–H and O–H groups in total. The summed E-state index contributed by atoms with van der Waals surface area (Å²) in [7, 11) is 0. The van der Waals surface area contributed by atoms with E-state index in [1.54, 1.807) is 0 Å². The molecule has 77 heavy (non-hydrogen) atoms. The van der Waals surface area contributed by atoms with E-state index in [0.717, 1.165) is 109 Å². The summed E-state index contributed by atoms with van der Waals surface area (Å²) in [6.45, 7) is 6.43. The Morgan fingerprint density at radius 2 is 0.506 bits per heavy atom. The predicted molar refractivity (Wildman–Crippen MR) is 335 cm³/mol. The second kappa shape index (κ2) is 65.4. The fourth-order valence-corrected chi connectivity index (χ4v) is 9.77. The van der Waals surface area contributed by atoms with Crippen molar-refractivity contribution < 1.29 is 28.6 Å². The number of carbonyl (C=O) groups is 3. The summed E-state index contributed by atoms with van der Waals surface area (Å²) in [4.78, 5) is 38.3. The van der Waals surface area contributed by atoms with Crippen molar-refractivity contribution in [1.29, 1.82) is 0 Å². The lowest BCUT2D eigenvalue weighted by molar-refractivity contribution is -0.167. The molecule has 0 aliphatic rings. The van der Waals surface area contributed by atoms with E-state index < -0.39 is 6.10 Å². The minimum Gasteiger partial charge on any atom is -0.462 e. The first kappa shape index (κ1) is 73.8. The maximum atomic E-state index is 12.9. The average molecular weight is 1080 g/mol. The standard InChI is InChI=1S/C71H126O6/c1-4-7-10-13-16-19-22-25-27-29-30-31-32-33-34-35-36-37-38-39-40-42-43-46-49-52-55-58-61-64-70(73)76-67-68(66-75-69(72)63-60-57-54-51-48-45-24-21-18-15-12-9-6-3)77-71(74)65-62-59-56-53-50-47-44-41-28-26-23-20-17-14-11-8-5-2/h8-9,11-12,17-18,20-21,26,28,45,48,68H,4-7,10,13-16,19,22-25,27,29-44,46-47,49-67H2,1-3H3/b11-8-,12-9-,20-17-,21-18-,28-26-,48-45-. The van der Waals surface area contributed by atoms with Crippen molar-refractivity contribution >= 4 is 17.9 Å². The highest BCUT2D eigenvalue weighted by molar-refractivity contribution is 5.71. The van der Waals surface area contributed by atoms with Crippen molar-refractivity contribution in [2.24, 2.45) is 0 Å². The topological polar surface area (TPSA) is 78.9 Å². The maximum Gasteiger partial charge on any atom is 0.306 e. The van der Waals surface area contributed by atoms with Crippen LogP contribution in [0.2, 0.25) is 0 Å². The second-order valence-electron chi connectivity index (χ2n) is 22.3. The van der Waals surface area contributed by atoms with Crippen molar-refractivity contribution in [3.63, 3.8) is 0 Å². The normalized spacial score (nSPS) is 12.5. The third-order valence-electron chi connectivity index (χ3n) is 14.7. The van der Waals surface area contributed by atoms with E-state index in [1.807, 2.05) is 0 Å². The molecule has 0 fully saturated rings. The SMILES string of the molecule is CC/C=C\C/C=C\C/C=C\CCCCCCCCCC(=O)OC(COC(=O)CCCCC/C=C\C/C=C\C/C=C\CC)COC(=O)CCCCCCCCCCCCCCCCCCCCCCCCCCCCCCC. The van der Waals surface area contributed by atoms with Gasteiger partial charge in [-0.1, -0.05) is 312 Å². The number of allylic oxidation sites excluding steroid dienone is 12. The van der Waals surface area contributed by atoms with Crippen LogP contribution in [0.15, 0.2) is 72.9 Å². The Hall–Kier alpha value is -3.15. The molecule has 0 radical (unpaired) electrons. The van der Waals surface area contributed by atoms with Crippen molar-refractivity contribution in [3.8, 4) is 0 Å².